The van der Waals surface area contributed by atoms with E-state index in [4.69, 9.17) is 9.47 Å². The standard InChI is InChI=1S/C15H17NO5S2/c17-14(9(5-22)6-23)16-4-10-8(3-11(16)15(18)19)1-2-12-13(10)21-7-20-12/h1-2,9,11,22-23H,3-7H2,(H,18,19). The maximum absolute atomic E-state index is 12.7. The topological polar surface area (TPSA) is 76.1 Å². The maximum atomic E-state index is 12.7. The summed E-state index contributed by atoms with van der Waals surface area (Å²) in [7, 11) is 0. The summed E-state index contributed by atoms with van der Waals surface area (Å²) in [5.74, 6) is 0.208. The van der Waals surface area contributed by atoms with Crippen LogP contribution < -0.4 is 9.47 Å². The van der Waals surface area contributed by atoms with Crippen LogP contribution in [-0.2, 0) is 22.6 Å². The number of carboxylic acids is 1. The summed E-state index contributed by atoms with van der Waals surface area (Å²) in [5.41, 5.74) is 1.70. The quantitative estimate of drug-likeness (QED) is 0.709. The summed E-state index contributed by atoms with van der Waals surface area (Å²) in [4.78, 5) is 25.7. The fourth-order valence-electron chi connectivity index (χ4n) is 2.94. The number of aliphatic carboxylic acids is 1. The van der Waals surface area contributed by atoms with Gasteiger partial charge in [-0.15, -0.1) is 0 Å². The van der Waals surface area contributed by atoms with Crippen LogP contribution in [0.25, 0.3) is 0 Å². The first-order chi connectivity index (χ1) is 11.1. The van der Waals surface area contributed by atoms with Crippen molar-refractivity contribution in [1.82, 2.24) is 4.90 Å². The Kier molecular flexibility index (Phi) is 4.63. The second-order valence-electron chi connectivity index (χ2n) is 5.52. The van der Waals surface area contributed by atoms with Gasteiger partial charge in [-0.2, -0.15) is 25.3 Å². The molecule has 0 saturated carbocycles. The molecule has 0 aliphatic carbocycles. The summed E-state index contributed by atoms with van der Waals surface area (Å²) >= 11 is 8.34. The normalized spacial score (nSPS) is 18.9. The number of carbonyl (C=O) groups is 2. The number of hydrogen-bond acceptors (Lipinski definition) is 6. The average molecular weight is 355 g/mol. The molecule has 0 bridgehead atoms. The van der Waals surface area contributed by atoms with E-state index in [0.29, 0.717) is 23.0 Å². The summed E-state index contributed by atoms with van der Waals surface area (Å²) in [5, 5.41) is 9.52. The van der Waals surface area contributed by atoms with Gasteiger partial charge >= 0.3 is 5.97 Å². The molecule has 23 heavy (non-hydrogen) atoms. The molecule has 1 N–H and O–H groups in total. The van der Waals surface area contributed by atoms with Crippen molar-refractivity contribution in [2.75, 3.05) is 18.3 Å². The predicted molar refractivity (Wildman–Crippen MR) is 89.4 cm³/mol. The number of nitrogens with zero attached hydrogens (tertiary/aromatic N) is 1. The Morgan fingerprint density at radius 2 is 2.04 bits per heavy atom. The first kappa shape index (κ1) is 16.3. The number of amides is 1. The number of benzene rings is 1. The van der Waals surface area contributed by atoms with Gasteiger partial charge in [0.25, 0.3) is 0 Å². The Balaban J connectivity index is 1.98. The van der Waals surface area contributed by atoms with Gasteiger partial charge in [0.15, 0.2) is 11.5 Å². The third-order valence-corrected chi connectivity index (χ3v) is 5.10. The van der Waals surface area contributed by atoms with Crippen LogP contribution >= 0.6 is 25.3 Å². The second-order valence-corrected chi connectivity index (χ2v) is 6.25. The lowest BCUT2D eigenvalue weighted by Crippen LogP contribution is -2.51. The van der Waals surface area contributed by atoms with Crippen molar-refractivity contribution in [2.24, 2.45) is 5.92 Å². The monoisotopic (exact) mass is 355 g/mol. The fraction of sp³-hybridized carbons (Fsp3) is 0.467. The van der Waals surface area contributed by atoms with E-state index in [1.165, 1.54) is 4.90 Å². The molecule has 1 aromatic rings. The van der Waals surface area contributed by atoms with E-state index in [1.54, 1.807) is 6.07 Å². The van der Waals surface area contributed by atoms with Gasteiger partial charge in [-0.3, -0.25) is 4.79 Å². The molecule has 1 aromatic carbocycles. The van der Waals surface area contributed by atoms with Gasteiger partial charge in [0.05, 0.1) is 12.5 Å². The van der Waals surface area contributed by atoms with Gasteiger partial charge < -0.3 is 19.5 Å². The Labute approximate surface area is 144 Å². The zero-order chi connectivity index (χ0) is 16.6. The van der Waals surface area contributed by atoms with E-state index in [9.17, 15) is 14.7 Å². The average Bonchev–Trinajstić information content (AvgIpc) is 3.03. The number of carbonyl (C=O) groups excluding carboxylic acids is 1. The number of ether oxygens (including phenoxy) is 2. The first-order valence-electron chi connectivity index (χ1n) is 7.22. The molecule has 2 aliphatic heterocycles. The number of rotatable bonds is 4. The largest absolute Gasteiger partial charge is 0.480 e. The van der Waals surface area contributed by atoms with E-state index in [2.05, 4.69) is 25.3 Å². The highest BCUT2D eigenvalue weighted by molar-refractivity contribution is 7.81. The molecule has 0 radical (unpaired) electrons. The van der Waals surface area contributed by atoms with E-state index in [-0.39, 0.29) is 25.7 Å². The minimum atomic E-state index is -1.02. The molecular formula is C15H17NO5S2. The Hall–Kier alpha value is -1.54. The number of fused-ring (bicyclic) bond motifs is 3. The van der Waals surface area contributed by atoms with Crippen LogP contribution in [0.2, 0.25) is 0 Å². The van der Waals surface area contributed by atoms with Crippen LogP contribution in [0, 0.1) is 5.92 Å². The van der Waals surface area contributed by atoms with Crippen LogP contribution in [0.3, 0.4) is 0 Å². The van der Waals surface area contributed by atoms with Crippen LogP contribution in [-0.4, -0.2) is 46.2 Å². The smallest absolute Gasteiger partial charge is 0.326 e. The van der Waals surface area contributed by atoms with Crippen molar-refractivity contribution >= 4 is 37.1 Å². The molecule has 1 atom stereocenters. The van der Waals surface area contributed by atoms with Gasteiger partial charge in [-0.05, 0) is 11.6 Å². The van der Waals surface area contributed by atoms with Crippen LogP contribution in [0.1, 0.15) is 11.1 Å². The van der Waals surface area contributed by atoms with Crippen molar-refractivity contribution in [3.63, 3.8) is 0 Å². The SMILES string of the molecule is O=C(O)C1Cc2ccc3c(c2CN1C(=O)C(CS)CS)OCO3. The number of carboxylic acid groups (broad SMARTS) is 1. The molecule has 2 aliphatic rings. The third-order valence-electron chi connectivity index (χ3n) is 4.22. The molecule has 0 spiro atoms. The lowest BCUT2D eigenvalue weighted by atomic mass is 9.92. The van der Waals surface area contributed by atoms with Crippen molar-refractivity contribution in [3.8, 4) is 11.5 Å². The van der Waals surface area contributed by atoms with Gasteiger partial charge in [-0.25, -0.2) is 4.79 Å². The molecule has 2 heterocycles. The van der Waals surface area contributed by atoms with E-state index >= 15 is 0 Å². The molecule has 0 aromatic heterocycles. The summed E-state index contributed by atoms with van der Waals surface area (Å²) in [6.45, 7) is 0.327. The first-order valence-corrected chi connectivity index (χ1v) is 8.48. The highest BCUT2D eigenvalue weighted by Gasteiger charge is 2.39. The van der Waals surface area contributed by atoms with Crippen molar-refractivity contribution in [1.29, 1.82) is 0 Å². The van der Waals surface area contributed by atoms with Crippen molar-refractivity contribution < 1.29 is 24.2 Å². The van der Waals surface area contributed by atoms with Gasteiger partial charge in [0.1, 0.15) is 6.04 Å². The van der Waals surface area contributed by atoms with Crippen LogP contribution in [0.15, 0.2) is 12.1 Å². The minimum absolute atomic E-state index is 0.137. The molecular weight excluding hydrogens is 338 g/mol. The third kappa shape index (κ3) is 2.85. The molecule has 1 amide bonds. The number of thiol groups is 2. The molecule has 0 saturated heterocycles. The highest BCUT2D eigenvalue weighted by Crippen LogP contribution is 2.41. The van der Waals surface area contributed by atoms with E-state index < -0.39 is 17.9 Å². The Morgan fingerprint density at radius 3 is 2.70 bits per heavy atom. The van der Waals surface area contributed by atoms with E-state index in [0.717, 1.165) is 11.1 Å². The Morgan fingerprint density at radius 1 is 1.30 bits per heavy atom. The van der Waals surface area contributed by atoms with Crippen molar-refractivity contribution in [3.05, 3.63) is 23.3 Å². The fourth-order valence-corrected chi connectivity index (χ4v) is 3.71. The van der Waals surface area contributed by atoms with Gasteiger partial charge in [0.2, 0.25) is 12.7 Å². The lowest BCUT2D eigenvalue weighted by Gasteiger charge is -2.36. The molecule has 124 valence electrons. The lowest BCUT2D eigenvalue weighted by molar-refractivity contribution is -0.152. The van der Waals surface area contributed by atoms with Gasteiger partial charge in [0, 0.05) is 23.5 Å². The summed E-state index contributed by atoms with van der Waals surface area (Å²) in [6.07, 6.45) is 0.249. The zero-order valence-electron chi connectivity index (χ0n) is 12.3. The molecule has 3 rings (SSSR count). The summed E-state index contributed by atoms with van der Waals surface area (Å²) < 4.78 is 10.9. The molecule has 8 heteroatoms. The van der Waals surface area contributed by atoms with Crippen molar-refractivity contribution in [2.45, 2.75) is 19.0 Å². The summed E-state index contributed by atoms with van der Waals surface area (Å²) in [6, 6.07) is 2.73. The highest BCUT2D eigenvalue weighted by atomic mass is 32.1. The van der Waals surface area contributed by atoms with Crippen LogP contribution in [0.4, 0.5) is 0 Å². The second kappa shape index (κ2) is 6.52. The number of hydrogen-bond donors (Lipinski definition) is 3. The molecule has 0 fully saturated rings. The minimum Gasteiger partial charge on any atom is -0.480 e. The maximum Gasteiger partial charge on any atom is 0.326 e. The van der Waals surface area contributed by atoms with Gasteiger partial charge in [-0.1, -0.05) is 6.07 Å². The molecule has 6 nitrogen and oxygen atoms in total. The van der Waals surface area contributed by atoms with E-state index in [1.807, 2.05) is 6.07 Å². The Bertz CT molecular complexity index is 647. The zero-order valence-corrected chi connectivity index (χ0v) is 14.1. The van der Waals surface area contributed by atoms with Crippen LogP contribution in [0.5, 0.6) is 11.5 Å². The predicted octanol–water partition coefficient (Wildman–Crippen LogP) is 1.23. The molecule has 1 unspecified atom stereocenters.